The zero-order valence-electron chi connectivity index (χ0n) is 15.2. The molecule has 4 heterocycles. The van der Waals surface area contributed by atoms with Gasteiger partial charge < -0.3 is 20.3 Å². The van der Waals surface area contributed by atoms with Gasteiger partial charge in [0.15, 0.2) is 0 Å². The van der Waals surface area contributed by atoms with Crippen molar-refractivity contribution in [1.82, 2.24) is 20.3 Å². The summed E-state index contributed by atoms with van der Waals surface area (Å²) in [4.78, 5) is 15.3. The molecule has 7 nitrogen and oxygen atoms in total. The van der Waals surface area contributed by atoms with Crippen molar-refractivity contribution in [2.45, 2.75) is 18.5 Å². The zero-order chi connectivity index (χ0) is 19.6. The highest BCUT2D eigenvalue weighted by molar-refractivity contribution is 5.55. The van der Waals surface area contributed by atoms with E-state index in [1.165, 1.54) is 0 Å². The molecule has 2 aliphatic rings. The number of nitrogens with one attached hydrogen (secondary N) is 2. The number of aromatic nitrogens is 3. The van der Waals surface area contributed by atoms with E-state index in [-0.39, 0.29) is 11.7 Å². The minimum Gasteiger partial charge on any atom is -0.378 e. The molecule has 2 aromatic heterocycles. The van der Waals surface area contributed by atoms with E-state index in [0.717, 1.165) is 43.5 Å². The van der Waals surface area contributed by atoms with E-state index in [1.807, 2.05) is 4.90 Å². The van der Waals surface area contributed by atoms with Crippen LogP contribution >= 0.6 is 0 Å². The van der Waals surface area contributed by atoms with Crippen LogP contribution in [0.5, 0.6) is 0 Å². The fourth-order valence-electron chi connectivity index (χ4n) is 3.34. The molecule has 2 aliphatic heterocycles. The third kappa shape index (κ3) is 4.33. The van der Waals surface area contributed by atoms with Gasteiger partial charge in [-0.3, -0.25) is 0 Å². The first-order valence-electron chi connectivity index (χ1n) is 9.22. The lowest BCUT2D eigenvalue weighted by atomic mass is 10.0. The Morgan fingerprint density at radius 3 is 2.68 bits per heavy atom. The zero-order valence-corrected chi connectivity index (χ0v) is 15.2. The molecule has 4 rings (SSSR count). The van der Waals surface area contributed by atoms with Gasteiger partial charge in [0, 0.05) is 37.8 Å². The highest BCUT2D eigenvalue weighted by atomic mass is 19.4. The topological polar surface area (TPSA) is 75.2 Å². The highest BCUT2D eigenvalue weighted by Crippen LogP contribution is 2.31. The van der Waals surface area contributed by atoms with Gasteiger partial charge in [0.05, 0.1) is 24.5 Å². The SMILES string of the molecule is FC(F)(F)c1ccnc(Nc2cc(C3CCNC3)nc(N3CCOCC3)n2)c1. The second-order valence-electron chi connectivity index (χ2n) is 6.82. The lowest BCUT2D eigenvalue weighted by Gasteiger charge is -2.27. The first kappa shape index (κ1) is 18.9. The van der Waals surface area contributed by atoms with E-state index >= 15 is 0 Å². The predicted molar refractivity (Wildman–Crippen MR) is 97.8 cm³/mol. The van der Waals surface area contributed by atoms with Crippen molar-refractivity contribution >= 4 is 17.6 Å². The fourth-order valence-corrected chi connectivity index (χ4v) is 3.34. The van der Waals surface area contributed by atoms with Gasteiger partial charge in [0.25, 0.3) is 0 Å². The molecular formula is C18H21F3N6O. The molecule has 150 valence electrons. The first-order valence-corrected chi connectivity index (χ1v) is 9.22. The summed E-state index contributed by atoms with van der Waals surface area (Å²) in [5.74, 6) is 1.34. The van der Waals surface area contributed by atoms with E-state index in [0.29, 0.717) is 38.1 Å². The van der Waals surface area contributed by atoms with Crippen LogP contribution in [0.4, 0.5) is 30.8 Å². The van der Waals surface area contributed by atoms with E-state index in [9.17, 15) is 13.2 Å². The Morgan fingerprint density at radius 2 is 1.96 bits per heavy atom. The molecule has 2 aromatic rings. The van der Waals surface area contributed by atoms with E-state index in [2.05, 4.69) is 20.6 Å². The molecule has 0 bridgehead atoms. The van der Waals surface area contributed by atoms with Crippen LogP contribution in [0.3, 0.4) is 0 Å². The number of hydrogen-bond acceptors (Lipinski definition) is 7. The minimum absolute atomic E-state index is 0.0944. The number of anilines is 3. The Balaban J connectivity index is 1.64. The summed E-state index contributed by atoms with van der Waals surface area (Å²) in [6, 6.07) is 3.72. The molecule has 2 fully saturated rings. The molecule has 28 heavy (non-hydrogen) atoms. The Hall–Kier alpha value is -2.46. The summed E-state index contributed by atoms with van der Waals surface area (Å²) in [5.41, 5.74) is 0.114. The summed E-state index contributed by atoms with van der Waals surface area (Å²) in [6.45, 7) is 4.27. The normalized spacial score (nSPS) is 20.4. The average Bonchev–Trinajstić information content (AvgIpc) is 3.23. The lowest BCUT2D eigenvalue weighted by molar-refractivity contribution is -0.137. The number of morpholine rings is 1. The van der Waals surface area contributed by atoms with Gasteiger partial charge in [0.1, 0.15) is 11.6 Å². The average molecular weight is 394 g/mol. The number of nitrogens with zero attached hydrogens (tertiary/aromatic N) is 4. The van der Waals surface area contributed by atoms with Gasteiger partial charge in [-0.25, -0.2) is 9.97 Å². The van der Waals surface area contributed by atoms with Crippen molar-refractivity contribution in [2.75, 3.05) is 49.6 Å². The van der Waals surface area contributed by atoms with Crippen LogP contribution in [0, 0.1) is 0 Å². The van der Waals surface area contributed by atoms with Crippen molar-refractivity contribution in [3.05, 3.63) is 35.7 Å². The van der Waals surface area contributed by atoms with Gasteiger partial charge in [-0.05, 0) is 25.1 Å². The van der Waals surface area contributed by atoms with Crippen molar-refractivity contribution < 1.29 is 17.9 Å². The summed E-state index contributed by atoms with van der Waals surface area (Å²) in [5, 5.41) is 6.23. The third-order valence-corrected chi connectivity index (χ3v) is 4.85. The van der Waals surface area contributed by atoms with Crippen LogP contribution in [0.25, 0.3) is 0 Å². The van der Waals surface area contributed by atoms with Gasteiger partial charge in [-0.15, -0.1) is 0 Å². The molecule has 1 unspecified atom stereocenters. The molecule has 0 amide bonds. The quantitative estimate of drug-likeness (QED) is 0.826. The Labute approximate surface area is 160 Å². The maximum absolute atomic E-state index is 13.0. The van der Waals surface area contributed by atoms with Crippen molar-refractivity contribution in [3.8, 4) is 0 Å². The largest absolute Gasteiger partial charge is 0.416 e. The number of rotatable bonds is 4. The molecule has 0 aromatic carbocycles. The number of hydrogen-bond donors (Lipinski definition) is 2. The molecule has 0 saturated carbocycles. The monoisotopic (exact) mass is 394 g/mol. The maximum Gasteiger partial charge on any atom is 0.416 e. The van der Waals surface area contributed by atoms with E-state index in [4.69, 9.17) is 9.72 Å². The van der Waals surface area contributed by atoms with Gasteiger partial charge >= 0.3 is 6.18 Å². The molecule has 0 aliphatic carbocycles. The van der Waals surface area contributed by atoms with Crippen molar-refractivity contribution in [1.29, 1.82) is 0 Å². The van der Waals surface area contributed by atoms with Gasteiger partial charge in [0.2, 0.25) is 5.95 Å². The molecule has 0 radical (unpaired) electrons. The second kappa shape index (κ2) is 7.88. The first-order chi connectivity index (χ1) is 13.5. The van der Waals surface area contributed by atoms with Gasteiger partial charge in [-0.1, -0.05) is 0 Å². The molecule has 0 spiro atoms. The smallest absolute Gasteiger partial charge is 0.378 e. The number of halogens is 3. The molecule has 10 heteroatoms. The Bertz CT molecular complexity index is 819. The Kier molecular flexibility index (Phi) is 5.31. The number of pyridine rings is 1. The standard InChI is InChI=1S/C18H21F3N6O/c19-18(20,21)13-2-4-23-15(9-13)25-16-10-14(12-1-3-22-11-12)24-17(26-16)27-5-7-28-8-6-27/h2,4,9-10,12,22H,1,3,5-8,11H2,(H,23,24,25,26). The third-order valence-electron chi connectivity index (χ3n) is 4.85. The van der Waals surface area contributed by atoms with Crippen LogP contribution in [-0.4, -0.2) is 54.3 Å². The van der Waals surface area contributed by atoms with Crippen LogP contribution in [0.1, 0.15) is 23.6 Å². The van der Waals surface area contributed by atoms with Crippen LogP contribution in [0.2, 0.25) is 0 Å². The predicted octanol–water partition coefficient (Wildman–Crippen LogP) is 2.55. The lowest BCUT2D eigenvalue weighted by Crippen LogP contribution is -2.37. The summed E-state index contributed by atoms with van der Waals surface area (Å²) in [7, 11) is 0. The van der Waals surface area contributed by atoms with Crippen LogP contribution in [0.15, 0.2) is 24.4 Å². The van der Waals surface area contributed by atoms with E-state index < -0.39 is 11.7 Å². The molecule has 2 N–H and O–H groups in total. The van der Waals surface area contributed by atoms with Gasteiger partial charge in [-0.2, -0.15) is 18.2 Å². The highest BCUT2D eigenvalue weighted by Gasteiger charge is 2.31. The maximum atomic E-state index is 13.0. The summed E-state index contributed by atoms with van der Waals surface area (Å²) in [6.07, 6.45) is -2.33. The summed E-state index contributed by atoms with van der Waals surface area (Å²) >= 11 is 0. The van der Waals surface area contributed by atoms with E-state index in [1.54, 1.807) is 6.07 Å². The molecule has 2 saturated heterocycles. The fraction of sp³-hybridized carbons (Fsp3) is 0.500. The van der Waals surface area contributed by atoms with Crippen molar-refractivity contribution in [3.63, 3.8) is 0 Å². The molecule has 1 atom stereocenters. The Morgan fingerprint density at radius 1 is 1.14 bits per heavy atom. The molecular weight excluding hydrogens is 373 g/mol. The number of alkyl halides is 3. The van der Waals surface area contributed by atoms with Crippen molar-refractivity contribution in [2.24, 2.45) is 0 Å². The summed E-state index contributed by atoms with van der Waals surface area (Å²) < 4.78 is 44.3. The second-order valence-corrected chi connectivity index (χ2v) is 6.82. The van der Waals surface area contributed by atoms with Crippen LogP contribution in [-0.2, 0) is 10.9 Å². The van der Waals surface area contributed by atoms with Crippen LogP contribution < -0.4 is 15.5 Å². The number of ether oxygens (including phenoxy) is 1. The minimum atomic E-state index is -4.43.